The standard InChI is InChI=1S/C17H23BrClN5/c1-22(2)12-8-24(9-12)17-10-23(7-11-5-20-6-11)16-4-14(19)13(18)3-15(16)21-17/h3-4,11-12,20H,5-10H2,1-2H3. The molecule has 0 spiro atoms. The van der Waals surface area contributed by atoms with Crippen molar-refractivity contribution < 1.29 is 0 Å². The lowest BCUT2D eigenvalue weighted by Crippen LogP contribution is -2.61. The molecule has 7 heteroatoms. The Labute approximate surface area is 156 Å². The van der Waals surface area contributed by atoms with Crippen LogP contribution < -0.4 is 10.2 Å². The molecule has 1 aromatic carbocycles. The average molecular weight is 413 g/mol. The number of nitrogens with zero attached hydrogens (tertiary/aromatic N) is 4. The topological polar surface area (TPSA) is 34.1 Å². The Hall–Kier alpha value is -0.820. The predicted molar refractivity (Wildman–Crippen MR) is 104 cm³/mol. The minimum absolute atomic E-state index is 0.635. The molecule has 0 unspecified atom stereocenters. The van der Waals surface area contributed by atoms with E-state index in [0.29, 0.717) is 12.0 Å². The van der Waals surface area contributed by atoms with E-state index >= 15 is 0 Å². The van der Waals surface area contributed by atoms with Gasteiger partial charge in [0.15, 0.2) is 0 Å². The number of hydrogen-bond acceptors (Lipinski definition) is 5. The van der Waals surface area contributed by atoms with E-state index in [1.54, 1.807) is 0 Å². The van der Waals surface area contributed by atoms with Crippen LogP contribution in [0.3, 0.4) is 0 Å². The average Bonchev–Trinajstić information content (AvgIpc) is 2.42. The highest BCUT2D eigenvalue weighted by molar-refractivity contribution is 9.10. The molecule has 3 heterocycles. The fourth-order valence-corrected chi connectivity index (χ4v) is 3.90. The van der Waals surface area contributed by atoms with Crippen LogP contribution in [0.4, 0.5) is 11.4 Å². The number of anilines is 1. The third-order valence-corrected chi connectivity index (χ3v) is 6.44. The van der Waals surface area contributed by atoms with Crippen LogP contribution >= 0.6 is 27.5 Å². The van der Waals surface area contributed by atoms with Gasteiger partial charge in [0.05, 0.1) is 22.9 Å². The Morgan fingerprint density at radius 1 is 1.33 bits per heavy atom. The summed E-state index contributed by atoms with van der Waals surface area (Å²) in [4.78, 5) is 12.1. The summed E-state index contributed by atoms with van der Waals surface area (Å²) >= 11 is 9.87. The van der Waals surface area contributed by atoms with Gasteiger partial charge in [0, 0.05) is 49.2 Å². The van der Waals surface area contributed by atoms with Crippen molar-refractivity contribution in [1.29, 1.82) is 0 Å². The summed E-state index contributed by atoms with van der Waals surface area (Å²) in [5.41, 5.74) is 2.18. The van der Waals surface area contributed by atoms with Crippen molar-refractivity contribution in [3.63, 3.8) is 0 Å². The van der Waals surface area contributed by atoms with Gasteiger partial charge in [0.25, 0.3) is 0 Å². The number of hydrogen-bond donors (Lipinski definition) is 1. The maximum absolute atomic E-state index is 6.34. The van der Waals surface area contributed by atoms with Crippen molar-refractivity contribution in [2.24, 2.45) is 10.9 Å². The largest absolute Gasteiger partial charge is 0.362 e. The van der Waals surface area contributed by atoms with E-state index in [4.69, 9.17) is 16.6 Å². The molecule has 3 aliphatic heterocycles. The molecule has 1 aromatic rings. The van der Waals surface area contributed by atoms with Crippen molar-refractivity contribution in [3.8, 4) is 0 Å². The Balaban J connectivity index is 1.59. The van der Waals surface area contributed by atoms with Crippen LogP contribution in [0, 0.1) is 5.92 Å². The summed E-state index contributed by atoms with van der Waals surface area (Å²) in [6.07, 6.45) is 0. The first-order valence-corrected chi connectivity index (χ1v) is 9.62. The molecule has 0 radical (unpaired) electrons. The van der Waals surface area contributed by atoms with Crippen molar-refractivity contribution >= 4 is 44.7 Å². The number of likely N-dealkylation sites (tertiary alicyclic amines) is 1. The van der Waals surface area contributed by atoms with Crippen LogP contribution in [0.15, 0.2) is 21.6 Å². The normalized spacial score (nSPS) is 21.5. The molecule has 0 atom stereocenters. The Morgan fingerprint density at radius 3 is 2.71 bits per heavy atom. The third kappa shape index (κ3) is 3.05. The molecular formula is C17H23BrClN5. The second kappa shape index (κ2) is 6.48. The first-order valence-electron chi connectivity index (χ1n) is 8.45. The van der Waals surface area contributed by atoms with E-state index in [0.717, 1.165) is 60.1 Å². The van der Waals surface area contributed by atoms with E-state index in [-0.39, 0.29) is 0 Å². The Kier molecular flexibility index (Phi) is 4.49. The molecule has 24 heavy (non-hydrogen) atoms. The highest BCUT2D eigenvalue weighted by Crippen LogP contribution is 2.40. The number of amidine groups is 1. The van der Waals surface area contributed by atoms with E-state index in [1.807, 2.05) is 12.1 Å². The van der Waals surface area contributed by atoms with E-state index in [9.17, 15) is 0 Å². The van der Waals surface area contributed by atoms with E-state index in [1.165, 1.54) is 5.84 Å². The van der Waals surface area contributed by atoms with Crippen LogP contribution in [0.1, 0.15) is 0 Å². The molecule has 3 aliphatic rings. The summed E-state index contributed by atoms with van der Waals surface area (Å²) in [5, 5.41) is 4.11. The van der Waals surface area contributed by atoms with Gasteiger partial charge >= 0.3 is 0 Å². The Morgan fingerprint density at radius 2 is 2.08 bits per heavy atom. The summed E-state index contributed by atoms with van der Waals surface area (Å²) < 4.78 is 0.910. The lowest BCUT2D eigenvalue weighted by Gasteiger charge is -2.47. The SMILES string of the molecule is CN(C)C1CN(C2=Nc3cc(Br)c(Cl)cc3N(CC3CNC3)C2)C1. The van der Waals surface area contributed by atoms with Crippen LogP contribution in [0.25, 0.3) is 0 Å². The third-order valence-electron chi connectivity index (χ3n) is 5.24. The molecule has 130 valence electrons. The summed E-state index contributed by atoms with van der Waals surface area (Å²) in [5.74, 6) is 1.90. The maximum Gasteiger partial charge on any atom is 0.125 e. The zero-order chi connectivity index (χ0) is 16.8. The van der Waals surface area contributed by atoms with Gasteiger partial charge in [0.2, 0.25) is 0 Å². The van der Waals surface area contributed by atoms with E-state index < -0.39 is 0 Å². The molecule has 0 aromatic heterocycles. The second-order valence-corrected chi connectivity index (χ2v) is 8.47. The number of fused-ring (bicyclic) bond motifs is 1. The molecule has 2 fully saturated rings. The minimum Gasteiger partial charge on any atom is -0.362 e. The second-order valence-electron chi connectivity index (χ2n) is 7.21. The van der Waals surface area contributed by atoms with Gasteiger partial charge in [-0.2, -0.15) is 0 Å². The van der Waals surface area contributed by atoms with Gasteiger partial charge in [-0.15, -0.1) is 0 Å². The van der Waals surface area contributed by atoms with Gasteiger partial charge in [-0.05, 0) is 42.2 Å². The lowest BCUT2D eigenvalue weighted by atomic mass is 10.0. The van der Waals surface area contributed by atoms with Gasteiger partial charge < -0.3 is 20.0 Å². The molecule has 4 rings (SSSR count). The number of benzene rings is 1. The zero-order valence-corrected chi connectivity index (χ0v) is 16.4. The van der Waals surface area contributed by atoms with Gasteiger partial charge in [-0.25, -0.2) is 4.99 Å². The van der Waals surface area contributed by atoms with Crippen molar-refractivity contribution in [2.75, 3.05) is 58.3 Å². The van der Waals surface area contributed by atoms with Gasteiger partial charge in [0.1, 0.15) is 5.84 Å². The monoisotopic (exact) mass is 411 g/mol. The maximum atomic E-state index is 6.34. The van der Waals surface area contributed by atoms with Gasteiger partial charge in [-0.1, -0.05) is 11.6 Å². The number of likely N-dealkylation sites (N-methyl/N-ethyl adjacent to an activating group) is 1. The number of halogens is 2. The van der Waals surface area contributed by atoms with E-state index in [2.05, 4.69) is 50.0 Å². The zero-order valence-electron chi connectivity index (χ0n) is 14.1. The van der Waals surface area contributed by atoms with Crippen LogP contribution in [-0.2, 0) is 0 Å². The van der Waals surface area contributed by atoms with Crippen LogP contribution in [-0.4, -0.2) is 75.0 Å². The highest BCUT2D eigenvalue weighted by atomic mass is 79.9. The van der Waals surface area contributed by atoms with Gasteiger partial charge in [-0.3, -0.25) is 0 Å². The molecule has 0 bridgehead atoms. The van der Waals surface area contributed by atoms with Crippen molar-refractivity contribution in [3.05, 3.63) is 21.6 Å². The number of rotatable bonds is 3. The highest BCUT2D eigenvalue weighted by Gasteiger charge is 2.34. The number of aliphatic imine (C=N–C) groups is 1. The minimum atomic E-state index is 0.635. The molecule has 0 saturated carbocycles. The summed E-state index contributed by atoms with van der Waals surface area (Å²) in [6, 6.07) is 4.73. The summed E-state index contributed by atoms with van der Waals surface area (Å²) in [6.45, 7) is 6.27. The smallest absolute Gasteiger partial charge is 0.125 e. The van der Waals surface area contributed by atoms with Crippen LogP contribution in [0.5, 0.6) is 0 Å². The number of nitrogens with one attached hydrogen (secondary N) is 1. The predicted octanol–water partition coefficient (Wildman–Crippen LogP) is 2.42. The lowest BCUT2D eigenvalue weighted by molar-refractivity contribution is 0.122. The first-order chi connectivity index (χ1) is 11.5. The first kappa shape index (κ1) is 16.6. The fourth-order valence-electron chi connectivity index (χ4n) is 3.41. The Bertz CT molecular complexity index is 667. The van der Waals surface area contributed by atoms with Crippen LogP contribution in [0.2, 0.25) is 5.02 Å². The molecule has 2 saturated heterocycles. The fraction of sp³-hybridized carbons (Fsp3) is 0.588. The molecular weight excluding hydrogens is 390 g/mol. The quantitative estimate of drug-likeness (QED) is 0.827. The molecule has 0 amide bonds. The summed E-state index contributed by atoms with van der Waals surface area (Å²) in [7, 11) is 4.30. The van der Waals surface area contributed by atoms with Crippen molar-refractivity contribution in [1.82, 2.24) is 15.1 Å². The molecule has 5 nitrogen and oxygen atoms in total. The molecule has 1 N–H and O–H groups in total. The van der Waals surface area contributed by atoms with Crippen molar-refractivity contribution in [2.45, 2.75) is 6.04 Å². The molecule has 0 aliphatic carbocycles.